The van der Waals surface area contributed by atoms with Crippen LogP contribution in [0, 0.1) is 22.7 Å². The predicted molar refractivity (Wildman–Crippen MR) is 132 cm³/mol. The van der Waals surface area contributed by atoms with Gasteiger partial charge in [-0.15, -0.1) is 0 Å². The molecule has 0 radical (unpaired) electrons. The number of alkyl halides is 3. The molecule has 2 bridgehead atoms. The standard InChI is InChI=1S/C30H22F3NO3/c1-28-21(17-10-5-3-6-11-17)22(18-12-7-4-8-13-18)29(2,27(28)37)24-23(28)25(35)34(26(24)36)20-15-9-14-19(16-20)30(31,32)33/h3-16,23-24H,1-2H3/t23-,24+,28-,29-/m1/s1. The van der Waals surface area contributed by atoms with E-state index in [0.29, 0.717) is 11.1 Å². The van der Waals surface area contributed by atoms with Crippen LogP contribution >= 0.6 is 0 Å². The van der Waals surface area contributed by atoms with E-state index in [0.717, 1.165) is 28.2 Å². The number of rotatable bonds is 3. The molecule has 1 heterocycles. The summed E-state index contributed by atoms with van der Waals surface area (Å²) in [6, 6.07) is 22.8. The molecule has 1 aliphatic heterocycles. The average molecular weight is 502 g/mol. The van der Waals surface area contributed by atoms with E-state index in [4.69, 9.17) is 0 Å². The van der Waals surface area contributed by atoms with E-state index in [9.17, 15) is 27.6 Å². The first-order valence-corrected chi connectivity index (χ1v) is 12.0. The summed E-state index contributed by atoms with van der Waals surface area (Å²) >= 11 is 0. The molecule has 0 spiro atoms. The number of imide groups is 1. The van der Waals surface area contributed by atoms with E-state index in [1.807, 2.05) is 60.7 Å². The number of Topliss-reactive ketones (excluding diaryl/α,β-unsaturated/α-hetero) is 1. The molecule has 3 aromatic carbocycles. The van der Waals surface area contributed by atoms with Crippen molar-refractivity contribution in [1.82, 2.24) is 0 Å². The molecule has 0 aromatic heterocycles. The minimum Gasteiger partial charge on any atom is -0.298 e. The lowest BCUT2D eigenvalue weighted by molar-refractivity contribution is -0.137. The smallest absolute Gasteiger partial charge is 0.298 e. The number of anilines is 1. The van der Waals surface area contributed by atoms with Crippen LogP contribution in [0.15, 0.2) is 84.9 Å². The molecule has 186 valence electrons. The van der Waals surface area contributed by atoms with Gasteiger partial charge in [0.25, 0.3) is 0 Å². The van der Waals surface area contributed by atoms with Crippen molar-refractivity contribution in [3.8, 4) is 0 Å². The normalized spacial score (nSPS) is 28.9. The molecule has 2 fully saturated rings. The third kappa shape index (κ3) is 2.88. The maximum absolute atomic E-state index is 14.2. The molecule has 1 saturated carbocycles. The van der Waals surface area contributed by atoms with Gasteiger partial charge >= 0.3 is 6.18 Å². The number of hydrogen-bond donors (Lipinski definition) is 0. The van der Waals surface area contributed by atoms with Gasteiger partial charge in [0, 0.05) is 0 Å². The summed E-state index contributed by atoms with van der Waals surface area (Å²) in [5.41, 5.74) is -0.799. The number of ketones is 1. The van der Waals surface area contributed by atoms with Crippen molar-refractivity contribution in [2.45, 2.75) is 20.0 Å². The van der Waals surface area contributed by atoms with E-state index in [-0.39, 0.29) is 11.5 Å². The Kier molecular flexibility index (Phi) is 4.75. The van der Waals surface area contributed by atoms with E-state index in [2.05, 4.69) is 0 Å². The van der Waals surface area contributed by atoms with Gasteiger partial charge in [-0.3, -0.25) is 14.4 Å². The van der Waals surface area contributed by atoms with E-state index >= 15 is 0 Å². The van der Waals surface area contributed by atoms with Gasteiger partial charge in [-0.25, -0.2) is 4.90 Å². The SMILES string of the molecule is C[C@@]12C(=O)[C@](C)(C(c3ccccc3)=C1c1ccccc1)[C@H]1C(=O)N(c3cccc(C(F)(F)F)c3)C(=O)[C@H]12. The van der Waals surface area contributed by atoms with Crippen LogP contribution in [0.1, 0.15) is 30.5 Å². The first-order chi connectivity index (χ1) is 17.5. The quantitative estimate of drug-likeness (QED) is 0.412. The highest BCUT2D eigenvalue weighted by molar-refractivity contribution is 6.34. The van der Waals surface area contributed by atoms with Crippen LogP contribution in [-0.4, -0.2) is 17.6 Å². The zero-order valence-electron chi connectivity index (χ0n) is 20.0. The molecule has 3 aromatic rings. The molecule has 1 saturated heterocycles. The molecule has 7 heteroatoms. The maximum Gasteiger partial charge on any atom is 0.416 e. The molecule has 4 nitrogen and oxygen atoms in total. The zero-order chi connectivity index (χ0) is 26.3. The van der Waals surface area contributed by atoms with Crippen LogP contribution in [0.25, 0.3) is 11.1 Å². The minimum atomic E-state index is -4.63. The van der Waals surface area contributed by atoms with Crippen molar-refractivity contribution in [2.24, 2.45) is 22.7 Å². The second kappa shape index (κ2) is 7.51. The van der Waals surface area contributed by atoms with Crippen LogP contribution in [0.2, 0.25) is 0 Å². The number of nitrogens with zero attached hydrogens (tertiary/aromatic N) is 1. The second-order valence-corrected chi connectivity index (χ2v) is 10.2. The van der Waals surface area contributed by atoms with Crippen molar-refractivity contribution in [1.29, 1.82) is 0 Å². The highest BCUT2D eigenvalue weighted by Gasteiger charge is 2.78. The second-order valence-electron chi connectivity index (χ2n) is 10.2. The summed E-state index contributed by atoms with van der Waals surface area (Å²) in [4.78, 5) is 42.9. The lowest BCUT2D eigenvalue weighted by atomic mass is 9.63. The summed E-state index contributed by atoms with van der Waals surface area (Å²) in [6.07, 6.45) is -4.63. The fraction of sp³-hybridized carbons (Fsp3) is 0.233. The van der Waals surface area contributed by atoms with Crippen LogP contribution < -0.4 is 4.90 Å². The van der Waals surface area contributed by atoms with Crippen LogP contribution in [0.4, 0.5) is 18.9 Å². The van der Waals surface area contributed by atoms with E-state index < -0.39 is 46.2 Å². The van der Waals surface area contributed by atoms with Gasteiger partial charge in [0.2, 0.25) is 11.8 Å². The number of benzene rings is 3. The van der Waals surface area contributed by atoms with Crippen molar-refractivity contribution in [3.05, 3.63) is 102 Å². The number of carbonyl (C=O) groups excluding carboxylic acids is 3. The number of halogens is 3. The monoisotopic (exact) mass is 501 g/mol. The molecular formula is C30H22F3NO3. The van der Waals surface area contributed by atoms with Gasteiger partial charge in [-0.2, -0.15) is 13.2 Å². The van der Waals surface area contributed by atoms with Gasteiger partial charge in [-0.05, 0) is 54.3 Å². The van der Waals surface area contributed by atoms with Crippen molar-refractivity contribution in [2.75, 3.05) is 4.90 Å². The highest BCUT2D eigenvalue weighted by Crippen LogP contribution is 2.73. The first kappa shape index (κ1) is 23.4. The summed E-state index contributed by atoms with van der Waals surface area (Å²) in [5.74, 6) is -3.54. The minimum absolute atomic E-state index is 0.138. The summed E-state index contributed by atoms with van der Waals surface area (Å²) in [7, 11) is 0. The van der Waals surface area contributed by atoms with Crippen molar-refractivity contribution < 1.29 is 27.6 Å². The third-order valence-corrected chi connectivity index (χ3v) is 8.34. The first-order valence-electron chi connectivity index (χ1n) is 12.0. The van der Waals surface area contributed by atoms with Gasteiger partial charge in [-0.1, -0.05) is 66.7 Å². The van der Waals surface area contributed by atoms with Crippen LogP contribution in [0.5, 0.6) is 0 Å². The van der Waals surface area contributed by atoms with E-state index in [1.54, 1.807) is 13.8 Å². The summed E-state index contributed by atoms with van der Waals surface area (Å²) in [6.45, 7) is 3.41. The lowest BCUT2D eigenvalue weighted by Crippen LogP contribution is -2.40. The Bertz CT molecular complexity index is 1430. The predicted octanol–water partition coefficient (Wildman–Crippen LogP) is 6.03. The fourth-order valence-corrected chi connectivity index (χ4v) is 6.89. The number of fused-ring (bicyclic) bond motifs is 5. The Balaban J connectivity index is 1.58. The molecule has 2 aliphatic carbocycles. The van der Waals surface area contributed by atoms with Crippen LogP contribution in [0.3, 0.4) is 0 Å². The van der Waals surface area contributed by atoms with Crippen molar-refractivity contribution in [3.63, 3.8) is 0 Å². The molecule has 3 aliphatic rings. The van der Waals surface area contributed by atoms with Crippen LogP contribution in [-0.2, 0) is 20.6 Å². The topological polar surface area (TPSA) is 54.5 Å². The summed E-state index contributed by atoms with van der Waals surface area (Å²) < 4.78 is 40.3. The number of amides is 2. The largest absolute Gasteiger partial charge is 0.416 e. The Hall–Kier alpha value is -4.00. The molecule has 2 amide bonds. The fourth-order valence-electron chi connectivity index (χ4n) is 6.89. The Morgan fingerprint density at radius 3 is 1.57 bits per heavy atom. The van der Waals surface area contributed by atoms with Crippen molar-refractivity contribution >= 4 is 34.4 Å². The molecule has 6 rings (SSSR count). The summed E-state index contributed by atoms with van der Waals surface area (Å²) in [5, 5.41) is 0. The maximum atomic E-state index is 14.2. The lowest BCUT2D eigenvalue weighted by Gasteiger charge is -2.35. The molecule has 37 heavy (non-hydrogen) atoms. The molecule has 0 N–H and O–H groups in total. The third-order valence-electron chi connectivity index (χ3n) is 8.34. The molecular weight excluding hydrogens is 479 g/mol. The van der Waals surface area contributed by atoms with E-state index in [1.165, 1.54) is 12.1 Å². The average Bonchev–Trinajstić information content (AvgIpc) is 3.34. The number of hydrogen-bond acceptors (Lipinski definition) is 3. The van der Waals surface area contributed by atoms with Gasteiger partial charge in [0.05, 0.1) is 33.9 Å². The zero-order valence-corrected chi connectivity index (χ0v) is 20.0. The highest BCUT2D eigenvalue weighted by atomic mass is 19.4. The Labute approximate surface area is 211 Å². The number of allylic oxidation sites excluding steroid dienone is 2. The number of carbonyl (C=O) groups is 3. The Morgan fingerprint density at radius 2 is 1.14 bits per heavy atom. The molecule has 4 atom stereocenters. The van der Waals surface area contributed by atoms with Gasteiger partial charge < -0.3 is 0 Å². The molecule has 0 unspecified atom stereocenters. The van der Waals surface area contributed by atoms with Gasteiger partial charge in [0.15, 0.2) is 5.78 Å². The Morgan fingerprint density at radius 1 is 0.676 bits per heavy atom. The van der Waals surface area contributed by atoms with Gasteiger partial charge in [0.1, 0.15) is 0 Å².